The molecule has 1 unspecified atom stereocenters. The van der Waals surface area contributed by atoms with Crippen molar-refractivity contribution in [2.24, 2.45) is 5.73 Å². The van der Waals surface area contributed by atoms with Gasteiger partial charge < -0.3 is 24.8 Å². The summed E-state index contributed by atoms with van der Waals surface area (Å²) in [5.74, 6) is -0.705. The van der Waals surface area contributed by atoms with Crippen LogP contribution < -0.4 is 15.2 Å². The van der Waals surface area contributed by atoms with Gasteiger partial charge in [0.05, 0.1) is 25.7 Å². The Labute approximate surface area is 284 Å². The molecule has 0 aliphatic carbocycles. The van der Waals surface area contributed by atoms with Crippen molar-refractivity contribution in [2.45, 2.75) is 56.6 Å². The summed E-state index contributed by atoms with van der Waals surface area (Å²) in [5, 5.41) is 12.4. The number of aryl methyl sites for hydroxylation is 2. The van der Waals surface area contributed by atoms with Crippen LogP contribution in [0.4, 0.5) is 14.9 Å². The molecule has 3 amide bonds. The Kier molecular flexibility index (Phi) is 10.5. The van der Waals surface area contributed by atoms with E-state index in [1.54, 1.807) is 37.3 Å². The van der Waals surface area contributed by atoms with Gasteiger partial charge in [-0.25, -0.2) is 9.18 Å². The molecule has 3 atom stereocenters. The summed E-state index contributed by atoms with van der Waals surface area (Å²) < 4.78 is 45.2. The first-order valence-electron chi connectivity index (χ1n) is 15.6. The van der Waals surface area contributed by atoms with Gasteiger partial charge in [0.25, 0.3) is 0 Å². The number of aromatic hydroxyl groups is 1. The van der Waals surface area contributed by atoms with Crippen LogP contribution in [0.3, 0.4) is 0 Å². The van der Waals surface area contributed by atoms with Gasteiger partial charge in [-0.2, -0.15) is 8.42 Å². The largest absolute Gasteiger partial charge is 0.508 e. The standard InChI is InChI=1S/C35H39FN4O6S2/c1-23-19-33(24(2)47-23)48(44,45)46-31-16-12-28(13-17-31)38-35(43)39(34(42)32(37)20-25-8-14-30(41)15-9-25)29-5-4-18-40(3,22-29)21-26-6-10-27(36)11-7-26/h6-17,19,29,32H,4-5,18,20-22,37H2,1-3H3,(H-,38,41,43)/p+1/t29-,32-,40?/m0/s1. The lowest BCUT2D eigenvalue weighted by molar-refractivity contribution is -0.928. The fraction of sp³-hybridized carbons (Fsp3) is 0.314. The molecule has 2 heterocycles. The molecule has 4 aromatic rings. The zero-order valence-electron chi connectivity index (χ0n) is 27.1. The number of imide groups is 1. The molecule has 0 spiro atoms. The maximum Gasteiger partial charge on any atom is 0.340 e. The third-order valence-electron chi connectivity index (χ3n) is 8.47. The average molecular weight is 696 g/mol. The van der Waals surface area contributed by atoms with Crippen molar-refractivity contribution in [2.75, 3.05) is 25.5 Å². The number of phenols is 1. The summed E-state index contributed by atoms with van der Waals surface area (Å²) in [6, 6.07) is 18.0. The first kappa shape index (κ1) is 35.0. The number of nitrogens with zero attached hydrogens (tertiary/aromatic N) is 2. The van der Waals surface area contributed by atoms with Gasteiger partial charge in [0, 0.05) is 21.0 Å². The SMILES string of the molecule is Cc1cc(S(=O)(=O)Oc2ccc(NC(=O)N(C(=O)[C@@H](N)Cc3ccc(O)cc3)[C@H]3CCC[N+](C)(Cc4ccc(F)cc4)C3)cc2)c(C)s1. The van der Waals surface area contributed by atoms with E-state index >= 15 is 0 Å². The van der Waals surface area contributed by atoms with Crippen molar-refractivity contribution < 1.29 is 36.2 Å². The van der Waals surface area contributed by atoms with Crippen LogP contribution in [0.5, 0.6) is 11.5 Å². The van der Waals surface area contributed by atoms with E-state index in [4.69, 9.17) is 9.92 Å². The smallest absolute Gasteiger partial charge is 0.340 e. The fourth-order valence-corrected chi connectivity index (χ4v) is 8.64. The van der Waals surface area contributed by atoms with Crippen LogP contribution in [0, 0.1) is 19.7 Å². The Hall–Kier alpha value is -4.30. The number of hydrogen-bond acceptors (Lipinski definition) is 8. The molecule has 254 valence electrons. The fourth-order valence-electron chi connectivity index (χ4n) is 6.19. The molecule has 1 saturated heterocycles. The second-order valence-electron chi connectivity index (χ2n) is 12.6. The monoisotopic (exact) mass is 695 g/mol. The number of benzene rings is 3. The van der Waals surface area contributed by atoms with Crippen LogP contribution in [0.25, 0.3) is 0 Å². The highest BCUT2D eigenvalue weighted by Gasteiger charge is 2.41. The van der Waals surface area contributed by atoms with E-state index in [1.165, 1.54) is 64.8 Å². The minimum atomic E-state index is -4.05. The minimum absolute atomic E-state index is 0.0706. The number of quaternary nitrogens is 1. The molecule has 0 saturated carbocycles. The predicted molar refractivity (Wildman–Crippen MR) is 183 cm³/mol. The Morgan fingerprint density at radius 3 is 2.33 bits per heavy atom. The molecule has 0 bridgehead atoms. The van der Waals surface area contributed by atoms with Gasteiger partial charge in [0.1, 0.15) is 35.3 Å². The number of likely N-dealkylation sites (N-methyl/N-ethyl adjacent to an activating group) is 1. The third kappa shape index (κ3) is 8.58. The normalized spacial score (nSPS) is 18.6. The van der Waals surface area contributed by atoms with Gasteiger partial charge in [-0.15, -0.1) is 11.3 Å². The zero-order chi connectivity index (χ0) is 34.6. The molecule has 1 aliphatic rings. The van der Waals surface area contributed by atoms with E-state index in [0.29, 0.717) is 34.6 Å². The zero-order valence-corrected chi connectivity index (χ0v) is 28.7. The van der Waals surface area contributed by atoms with Crippen LogP contribution in [-0.2, 0) is 27.9 Å². The summed E-state index contributed by atoms with van der Waals surface area (Å²) in [7, 11) is -2.00. The van der Waals surface area contributed by atoms with E-state index in [2.05, 4.69) is 12.4 Å². The maximum absolute atomic E-state index is 14.0. The average Bonchev–Trinajstić information content (AvgIpc) is 3.39. The lowest BCUT2D eigenvalue weighted by atomic mass is 9.98. The van der Waals surface area contributed by atoms with Crippen LogP contribution in [0.15, 0.2) is 83.8 Å². The van der Waals surface area contributed by atoms with Crippen molar-refractivity contribution in [3.8, 4) is 11.5 Å². The molecule has 3 aromatic carbocycles. The molecule has 1 aromatic heterocycles. The van der Waals surface area contributed by atoms with E-state index in [0.717, 1.165) is 29.0 Å². The lowest BCUT2D eigenvalue weighted by Crippen LogP contribution is -2.62. The number of nitrogens with two attached hydrogens (primary N) is 1. The van der Waals surface area contributed by atoms with Crippen molar-refractivity contribution in [3.63, 3.8) is 0 Å². The lowest BCUT2D eigenvalue weighted by Gasteiger charge is -2.44. The van der Waals surface area contributed by atoms with Crippen molar-refractivity contribution in [1.29, 1.82) is 0 Å². The van der Waals surface area contributed by atoms with E-state index in [1.807, 2.05) is 6.92 Å². The van der Waals surface area contributed by atoms with Gasteiger partial charge in [-0.3, -0.25) is 9.69 Å². The number of hydrogen-bond donors (Lipinski definition) is 3. The van der Waals surface area contributed by atoms with E-state index < -0.39 is 34.1 Å². The maximum atomic E-state index is 14.0. The number of carbonyl (C=O) groups is 2. The Morgan fingerprint density at radius 1 is 1.06 bits per heavy atom. The molecule has 0 radical (unpaired) electrons. The quantitative estimate of drug-likeness (QED) is 0.143. The number of urea groups is 1. The first-order valence-corrected chi connectivity index (χ1v) is 17.8. The summed E-state index contributed by atoms with van der Waals surface area (Å²) in [4.78, 5) is 30.7. The van der Waals surface area contributed by atoms with Crippen LogP contribution in [-0.4, -0.2) is 67.1 Å². The number of anilines is 1. The number of carbonyl (C=O) groups excluding carboxylic acids is 2. The Bertz CT molecular complexity index is 1860. The van der Waals surface area contributed by atoms with Gasteiger partial charge >= 0.3 is 16.1 Å². The molecular formula is C35H40FN4O6S2+. The summed E-state index contributed by atoms with van der Waals surface area (Å²) in [6.45, 7) is 5.41. The molecule has 48 heavy (non-hydrogen) atoms. The van der Waals surface area contributed by atoms with Crippen molar-refractivity contribution in [3.05, 3.63) is 106 Å². The first-order chi connectivity index (χ1) is 22.7. The van der Waals surface area contributed by atoms with Crippen LogP contribution >= 0.6 is 11.3 Å². The summed E-state index contributed by atoms with van der Waals surface area (Å²) >= 11 is 1.36. The van der Waals surface area contributed by atoms with Gasteiger partial charge in [0.15, 0.2) is 0 Å². The predicted octanol–water partition coefficient (Wildman–Crippen LogP) is 5.72. The number of phenolic OH excluding ortho intramolecular Hbond substituents is 1. The van der Waals surface area contributed by atoms with Crippen LogP contribution in [0.2, 0.25) is 0 Å². The highest BCUT2D eigenvalue weighted by atomic mass is 32.2. The Balaban J connectivity index is 1.35. The number of likely N-dealkylation sites (tertiary alicyclic amines) is 1. The molecular weight excluding hydrogens is 656 g/mol. The van der Waals surface area contributed by atoms with Crippen molar-refractivity contribution >= 4 is 39.1 Å². The number of halogens is 1. The summed E-state index contributed by atoms with van der Waals surface area (Å²) in [6.07, 6.45) is 1.48. The molecule has 13 heteroatoms. The number of nitrogens with one attached hydrogen (secondary N) is 1. The number of piperidine rings is 1. The summed E-state index contributed by atoms with van der Waals surface area (Å²) in [5.41, 5.74) is 8.43. The highest BCUT2D eigenvalue weighted by molar-refractivity contribution is 7.87. The second-order valence-corrected chi connectivity index (χ2v) is 15.5. The van der Waals surface area contributed by atoms with Crippen molar-refractivity contribution in [1.82, 2.24) is 4.90 Å². The highest BCUT2D eigenvalue weighted by Crippen LogP contribution is 2.29. The molecule has 10 nitrogen and oxygen atoms in total. The Morgan fingerprint density at radius 2 is 1.71 bits per heavy atom. The topological polar surface area (TPSA) is 139 Å². The molecule has 5 rings (SSSR count). The minimum Gasteiger partial charge on any atom is -0.508 e. The molecule has 1 aliphatic heterocycles. The van der Waals surface area contributed by atoms with E-state index in [-0.39, 0.29) is 28.6 Å². The number of rotatable bonds is 10. The van der Waals surface area contributed by atoms with E-state index in [9.17, 15) is 27.5 Å². The van der Waals surface area contributed by atoms with Gasteiger partial charge in [0.2, 0.25) is 5.91 Å². The van der Waals surface area contributed by atoms with Crippen LogP contribution in [0.1, 0.15) is 33.7 Å². The van der Waals surface area contributed by atoms with Gasteiger partial charge in [-0.1, -0.05) is 24.3 Å². The number of thiophene rings is 1. The second kappa shape index (κ2) is 14.4. The molecule has 4 N–H and O–H groups in total. The third-order valence-corrected chi connectivity index (χ3v) is 10.9. The molecule has 1 fully saturated rings. The number of amides is 3. The van der Waals surface area contributed by atoms with Gasteiger partial charge in [-0.05, 0) is 93.3 Å².